The summed E-state index contributed by atoms with van der Waals surface area (Å²) in [7, 11) is 0. The minimum Gasteiger partial charge on any atom is -0.392 e. The lowest BCUT2D eigenvalue weighted by atomic mass is 10.0. The molecule has 2 N–H and O–H groups in total. The molecule has 4 heteroatoms. The van der Waals surface area contributed by atoms with Gasteiger partial charge in [-0.3, -0.25) is 4.79 Å². The van der Waals surface area contributed by atoms with Crippen LogP contribution in [0.25, 0.3) is 0 Å². The van der Waals surface area contributed by atoms with E-state index in [1.54, 1.807) is 0 Å². The molecule has 1 rings (SSSR count). The molecule has 0 radical (unpaired) electrons. The predicted molar refractivity (Wildman–Crippen MR) is 65.5 cm³/mol. The molecule has 0 saturated heterocycles. The highest BCUT2D eigenvalue weighted by atomic mass is 32.1. The van der Waals surface area contributed by atoms with Crippen molar-refractivity contribution >= 4 is 23.1 Å². The third-order valence-electron chi connectivity index (χ3n) is 2.89. The SMILES string of the molecule is CCN(CC(C)C)C(=O)C1(C(N)=S)CC1. The molecular formula is C11H20N2OS. The van der Waals surface area contributed by atoms with Crippen LogP contribution >= 0.6 is 12.2 Å². The maximum Gasteiger partial charge on any atom is 0.235 e. The van der Waals surface area contributed by atoms with Crippen LogP contribution in [0, 0.1) is 11.3 Å². The van der Waals surface area contributed by atoms with Gasteiger partial charge in [-0.2, -0.15) is 0 Å². The average Bonchev–Trinajstić information content (AvgIpc) is 2.93. The van der Waals surface area contributed by atoms with E-state index in [4.69, 9.17) is 18.0 Å². The topological polar surface area (TPSA) is 46.3 Å². The lowest BCUT2D eigenvalue weighted by Crippen LogP contribution is -2.44. The summed E-state index contributed by atoms with van der Waals surface area (Å²) in [4.78, 5) is 14.4. The Morgan fingerprint density at radius 1 is 1.53 bits per heavy atom. The second kappa shape index (κ2) is 4.47. The van der Waals surface area contributed by atoms with Crippen molar-refractivity contribution in [1.29, 1.82) is 0 Å². The minimum atomic E-state index is -0.486. The van der Waals surface area contributed by atoms with Gasteiger partial charge in [-0.25, -0.2) is 0 Å². The molecule has 0 aromatic heterocycles. The number of carbonyl (C=O) groups is 1. The first-order valence-corrected chi connectivity index (χ1v) is 5.94. The largest absolute Gasteiger partial charge is 0.392 e. The van der Waals surface area contributed by atoms with Crippen molar-refractivity contribution in [3.05, 3.63) is 0 Å². The normalized spacial score (nSPS) is 17.6. The van der Waals surface area contributed by atoms with E-state index in [0.717, 1.165) is 25.9 Å². The fourth-order valence-electron chi connectivity index (χ4n) is 1.79. The van der Waals surface area contributed by atoms with Crippen molar-refractivity contribution in [2.75, 3.05) is 13.1 Å². The van der Waals surface area contributed by atoms with Gasteiger partial charge in [-0.15, -0.1) is 0 Å². The van der Waals surface area contributed by atoms with Crippen LogP contribution in [0.15, 0.2) is 0 Å². The van der Waals surface area contributed by atoms with Crippen molar-refractivity contribution in [1.82, 2.24) is 4.90 Å². The molecular weight excluding hydrogens is 208 g/mol. The third-order valence-corrected chi connectivity index (χ3v) is 3.28. The van der Waals surface area contributed by atoms with E-state index in [9.17, 15) is 4.79 Å². The lowest BCUT2D eigenvalue weighted by Gasteiger charge is -2.27. The number of carbonyl (C=O) groups excluding carboxylic acids is 1. The van der Waals surface area contributed by atoms with Gasteiger partial charge in [0.2, 0.25) is 5.91 Å². The van der Waals surface area contributed by atoms with Gasteiger partial charge >= 0.3 is 0 Å². The van der Waals surface area contributed by atoms with E-state index < -0.39 is 5.41 Å². The molecule has 1 amide bonds. The van der Waals surface area contributed by atoms with E-state index in [1.807, 2.05) is 11.8 Å². The summed E-state index contributed by atoms with van der Waals surface area (Å²) < 4.78 is 0. The molecule has 1 aliphatic carbocycles. The first-order chi connectivity index (χ1) is 6.94. The number of thiocarbonyl (C=S) groups is 1. The van der Waals surface area contributed by atoms with Gasteiger partial charge in [0.15, 0.2) is 0 Å². The molecule has 1 fully saturated rings. The smallest absolute Gasteiger partial charge is 0.235 e. The number of hydrogen-bond acceptors (Lipinski definition) is 2. The summed E-state index contributed by atoms with van der Waals surface area (Å²) in [5.41, 5.74) is 5.16. The van der Waals surface area contributed by atoms with Crippen LogP contribution in [0.3, 0.4) is 0 Å². The van der Waals surface area contributed by atoms with Crippen LogP contribution in [0.1, 0.15) is 33.6 Å². The highest BCUT2D eigenvalue weighted by Crippen LogP contribution is 2.47. The van der Waals surface area contributed by atoms with Gasteiger partial charge in [0.25, 0.3) is 0 Å². The number of hydrogen-bond donors (Lipinski definition) is 1. The van der Waals surface area contributed by atoms with Gasteiger partial charge < -0.3 is 10.6 Å². The molecule has 1 saturated carbocycles. The molecule has 0 aromatic rings. The Labute approximate surface area is 97.0 Å². The molecule has 0 heterocycles. The number of amides is 1. The standard InChI is InChI=1S/C11H20N2OS/c1-4-13(7-8(2)3)10(14)11(5-6-11)9(12)15/h8H,4-7H2,1-3H3,(H2,12,15). The van der Waals surface area contributed by atoms with Crippen molar-refractivity contribution in [2.24, 2.45) is 17.1 Å². The van der Waals surface area contributed by atoms with Crippen molar-refractivity contribution in [3.63, 3.8) is 0 Å². The van der Waals surface area contributed by atoms with E-state index in [0.29, 0.717) is 10.9 Å². The van der Waals surface area contributed by atoms with E-state index in [-0.39, 0.29) is 5.91 Å². The van der Waals surface area contributed by atoms with Crippen LogP contribution in [-0.2, 0) is 4.79 Å². The first kappa shape index (κ1) is 12.4. The fourth-order valence-corrected chi connectivity index (χ4v) is 2.08. The first-order valence-electron chi connectivity index (χ1n) is 5.53. The summed E-state index contributed by atoms with van der Waals surface area (Å²) in [6, 6.07) is 0. The molecule has 0 aliphatic heterocycles. The summed E-state index contributed by atoms with van der Waals surface area (Å²) in [6.07, 6.45) is 1.66. The summed E-state index contributed by atoms with van der Waals surface area (Å²) >= 11 is 4.98. The summed E-state index contributed by atoms with van der Waals surface area (Å²) in [5.74, 6) is 0.613. The summed E-state index contributed by atoms with van der Waals surface area (Å²) in [6.45, 7) is 7.74. The molecule has 0 spiro atoms. The molecule has 15 heavy (non-hydrogen) atoms. The van der Waals surface area contributed by atoms with Gasteiger partial charge in [0.1, 0.15) is 0 Å². The average molecular weight is 228 g/mol. The molecule has 0 bridgehead atoms. The molecule has 0 atom stereocenters. The molecule has 1 aliphatic rings. The quantitative estimate of drug-likeness (QED) is 0.726. The van der Waals surface area contributed by atoms with Gasteiger partial charge in [0.05, 0.1) is 10.4 Å². The predicted octanol–water partition coefficient (Wildman–Crippen LogP) is 1.56. The Kier molecular flexibility index (Phi) is 3.71. The lowest BCUT2D eigenvalue weighted by molar-refractivity contribution is -0.134. The highest BCUT2D eigenvalue weighted by molar-refractivity contribution is 7.80. The van der Waals surface area contributed by atoms with Crippen molar-refractivity contribution in [3.8, 4) is 0 Å². The maximum absolute atomic E-state index is 12.2. The Hall–Kier alpha value is -0.640. The monoisotopic (exact) mass is 228 g/mol. The van der Waals surface area contributed by atoms with E-state index >= 15 is 0 Å². The molecule has 0 aromatic carbocycles. The second-order valence-electron chi connectivity index (χ2n) is 4.68. The number of rotatable bonds is 5. The van der Waals surface area contributed by atoms with Crippen LogP contribution in [0.4, 0.5) is 0 Å². The Morgan fingerprint density at radius 3 is 2.33 bits per heavy atom. The van der Waals surface area contributed by atoms with Crippen molar-refractivity contribution < 1.29 is 4.79 Å². The minimum absolute atomic E-state index is 0.131. The molecule has 86 valence electrons. The Morgan fingerprint density at radius 2 is 2.07 bits per heavy atom. The number of nitrogens with two attached hydrogens (primary N) is 1. The highest BCUT2D eigenvalue weighted by Gasteiger charge is 2.54. The fraction of sp³-hybridized carbons (Fsp3) is 0.818. The zero-order valence-corrected chi connectivity index (χ0v) is 10.6. The second-order valence-corrected chi connectivity index (χ2v) is 5.12. The Balaban J connectivity index is 2.69. The number of nitrogens with zero attached hydrogens (tertiary/aromatic N) is 1. The van der Waals surface area contributed by atoms with Crippen molar-refractivity contribution in [2.45, 2.75) is 33.6 Å². The maximum atomic E-state index is 12.2. The van der Waals surface area contributed by atoms with E-state index in [2.05, 4.69) is 13.8 Å². The Bertz CT molecular complexity index is 272. The van der Waals surface area contributed by atoms with Gasteiger partial charge in [-0.1, -0.05) is 26.1 Å². The zero-order chi connectivity index (χ0) is 11.6. The zero-order valence-electron chi connectivity index (χ0n) is 9.75. The summed E-state index contributed by atoms with van der Waals surface area (Å²) in [5, 5.41) is 0. The molecule has 0 unspecified atom stereocenters. The van der Waals surface area contributed by atoms with Crippen LogP contribution in [0.2, 0.25) is 0 Å². The third kappa shape index (κ3) is 2.48. The van der Waals surface area contributed by atoms with E-state index in [1.165, 1.54) is 0 Å². The van der Waals surface area contributed by atoms with Crippen LogP contribution in [0.5, 0.6) is 0 Å². The van der Waals surface area contributed by atoms with Gasteiger partial charge in [0, 0.05) is 13.1 Å². The van der Waals surface area contributed by atoms with Gasteiger partial charge in [-0.05, 0) is 25.7 Å². The van der Waals surface area contributed by atoms with Crippen LogP contribution < -0.4 is 5.73 Å². The van der Waals surface area contributed by atoms with Crippen LogP contribution in [-0.4, -0.2) is 28.9 Å². The molecule has 3 nitrogen and oxygen atoms in total.